The van der Waals surface area contributed by atoms with Gasteiger partial charge in [-0.3, -0.25) is 10.5 Å². The number of nitriles is 1. The lowest BCUT2D eigenvalue weighted by atomic mass is 9.79. The molecular formula is C20H15ClN4O. The molecular weight excluding hydrogens is 348 g/mol. The summed E-state index contributed by atoms with van der Waals surface area (Å²) in [5.74, 6) is -0.819. The van der Waals surface area contributed by atoms with Crippen molar-refractivity contribution in [3.8, 4) is 11.9 Å². The van der Waals surface area contributed by atoms with E-state index in [1.807, 2.05) is 48.5 Å². The summed E-state index contributed by atoms with van der Waals surface area (Å²) in [6.45, 7) is 0. The van der Waals surface area contributed by atoms with E-state index in [4.69, 9.17) is 21.7 Å². The number of nitrogens with one attached hydrogen (secondary N) is 2. The van der Waals surface area contributed by atoms with Gasteiger partial charge >= 0.3 is 0 Å². The standard InChI is InChI=1S/C20H15ClN4O/c21-14-8-4-7-13(10-14)17-15(11-22)19(23)26-20-18(17)16(24-25-20)9-12-5-2-1-3-6-12/h1-8,10,15,17,23H,9H2,(H,24,25). The third-order valence-electron chi connectivity index (χ3n) is 4.55. The predicted molar refractivity (Wildman–Crippen MR) is 98.6 cm³/mol. The number of benzene rings is 2. The first kappa shape index (κ1) is 16.4. The number of H-pyrrole nitrogens is 1. The minimum atomic E-state index is -0.729. The molecule has 2 N–H and O–H groups in total. The van der Waals surface area contributed by atoms with E-state index in [1.54, 1.807) is 6.07 Å². The highest BCUT2D eigenvalue weighted by Crippen LogP contribution is 2.43. The molecule has 128 valence electrons. The van der Waals surface area contributed by atoms with E-state index in [0.717, 1.165) is 22.4 Å². The van der Waals surface area contributed by atoms with Gasteiger partial charge in [-0.1, -0.05) is 54.1 Å². The molecule has 0 spiro atoms. The zero-order valence-corrected chi connectivity index (χ0v) is 14.5. The van der Waals surface area contributed by atoms with Crippen LogP contribution in [0.5, 0.6) is 5.88 Å². The SMILES string of the molecule is N#CC1C(=N)Oc2n[nH]c(Cc3ccccc3)c2C1c1cccc(Cl)c1. The molecule has 2 atom stereocenters. The summed E-state index contributed by atoms with van der Waals surface area (Å²) in [7, 11) is 0. The van der Waals surface area contributed by atoms with Crippen LogP contribution in [-0.4, -0.2) is 16.1 Å². The van der Waals surface area contributed by atoms with E-state index in [0.29, 0.717) is 17.3 Å². The maximum atomic E-state index is 9.67. The van der Waals surface area contributed by atoms with E-state index >= 15 is 0 Å². The van der Waals surface area contributed by atoms with Crippen molar-refractivity contribution in [3.05, 3.63) is 82.0 Å². The van der Waals surface area contributed by atoms with Crippen molar-refractivity contribution in [1.82, 2.24) is 10.2 Å². The number of fused-ring (bicyclic) bond motifs is 1. The van der Waals surface area contributed by atoms with E-state index in [9.17, 15) is 5.26 Å². The Hall–Kier alpha value is -3.10. The molecule has 0 radical (unpaired) electrons. The van der Waals surface area contributed by atoms with Crippen LogP contribution in [0.1, 0.15) is 28.3 Å². The van der Waals surface area contributed by atoms with Gasteiger partial charge in [0.05, 0.1) is 6.07 Å². The van der Waals surface area contributed by atoms with Crippen molar-refractivity contribution in [1.29, 1.82) is 10.7 Å². The molecule has 2 unspecified atom stereocenters. The fourth-order valence-electron chi connectivity index (χ4n) is 3.38. The average Bonchev–Trinajstić information content (AvgIpc) is 3.03. The molecule has 0 aliphatic carbocycles. The van der Waals surface area contributed by atoms with Crippen LogP contribution in [0.15, 0.2) is 54.6 Å². The van der Waals surface area contributed by atoms with Crippen molar-refractivity contribution < 1.29 is 4.74 Å². The summed E-state index contributed by atoms with van der Waals surface area (Å²) in [6.07, 6.45) is 0.634. The Morgan fingerprint density at radius 2 is 2.00 bits per heavy atom. The molecule has 26 heavy (non-hydrogen) atoms. The number of hydrogen-bond acceptors (Lipinski definition) is 4. The highest BCUT2D eigenvalue weighted by molar-refractivity contribution is 6.30. The van der Waals surface area contributed by atoms with Gasteiger partial charge in [0.25, 0.3) is 0 Å². The summed E-state index contributed by atoms with van der Waals surface area (Å²) < 4.78 is 5.52. The Labute approximate surface area is 155 Å². The van der Waals surface area contributed by atoms with Crippen molar-refractivity contribution >= 4 is 17.5 Å². The zero-order valence-electron chi connectivity index (χ0n) is 13.7. The van der Waals surface area contributed by atoms with Crippen LogP contribution < -0.4 is 4.74 Å². The number of aromatic nitrogens is 2. The van der Waals surface area contributed by atoms with Crippen molar-refractivity contribution in [3.63, 3.8) is 0 Å². The third kappa shape index (κ3) is 2.85. The Bertz CT molecular complexity index is 1010. The normalized spacial score (nSPS) is 18.7. The van der Waals surface area contributed by atoms with Gasteiger partial charge in [-0.25, -0.2) is 0 Å². The Morgan fingerprint density at radius 1 is 1.19 bits per heavy atom. The smallest absolute Gasteiger partial charge is 0.243 e. The number of halogens is 1. The minimum Gasteiger partial charge on any atom is -0.422 e. The molecule has 1 aliphatic rings. The molecule has 5 nitrogen and oxygen atoms in total. The molecule has 0 bridgehead atoms. The maximum absolute atomic E-state index is 9.67. The number of nitrogens with zero attached hydrogens (tertiary/aromatic N) is 2. The van der Waals surface area contributed by atoms with Gasteiger partial charge < -0.3 is 4.74 Å². The minimum absolute atomic E-state index is 0.0947. The molecule has 0 saturated heterocycles. The summed E-state index contributed by atoms with van der Waals surface area (Å²) in [6, 6.07) is 19.6. The van der Waals surface area contributed by atoms with Gasteiger partial charge in [-0.15, -0.1) is 5.10 Å². The Kier molecular flexibility index (Phi) is 4.19. The molecule has 1 aromatic heterocycles. The lowest BCUT2D eigenvalue weighted by Gasteiger charge is -2.28. The summed E-state index contributed by atoms with van der Waals surface area (Å²) in [4.78, 5) is 0. The van der Waals surface area contributed by atoms with Gasteiger partial charge in [-0.2, -0.15) is 5.26 Å². The van der Waals surface area contributed by atoms with Gasteiger partial charge in [0, 0.05) is 28.6 Å². The molecule has 4 rings (SSSR count). The van der Waals surface area contributed by atoms with E-state index in [2.05, 4.69) is 16.3 Å². The largest absolute Gasteiger partial charge is 0.422 e. The Morgan fingerprint density at radius 3 is 2.73 bits per heavy atom. The molecule has 1 aliphatic heterocycles. The zero-order chi connectivity index (χ0) is 18.1. The van der Waals surface area contributed by atoms with Gasteiger partial charge in [0.15, 0.2) is 0 Å². The van der Waals surface area contributed by atoms with Crippen LogP contribution in [0, 0.1) is 22.7 Å². The van der Waals surface area contributed by atoms with E-state index < -0.39 is 5.92 Å². The van der Waals surface area contributed by atoms with Gasteiger partial charge in [-0.05, 0) is 23.3 Å². The maximum Gasteiger partial charge on any atom is 0.243 e. The molecule has 0 fully saturated rings. The molecule has 6 heteroatoms. The summed E-state index contributed by atoms with van der Waals surface area (Å²) >= 11 is 6.17. The fourth-order valence-corrected chi connectivity index (χ4v) is 3.58. The second-order valence-corrected chi connectivity index (χ2v) is 6.63. The summed E-state index contributed by atoms with van der Waals surface area (Å²) in [5, 5.41) is 25.6. The molecule has 2 aromatic carbocycles. The lowest BCUT2D eigenvalue weighted by molar-refractivity contribution is 0.436. The molecule has 0 saturated carbocycles. The predicted octanol–water partition coefficient (Wildman–Crippen LogP) is 4.30. The Balaban J connectivity index is 1.84. The molecule has 3 aromatic rings. The van der Waals surface area contributed by atoms with Crippen LogP contribution in [0.4, 0.5) is 0 Å². The lowest BCUT2D eigenvalue weighted by Crippen LogP contribution is -2.31. The van der Waals surface area contributed by atoms with Crippen LogP contribution in [0.25, 0.3) is 0 Å². The third-order valence-corrected chi connectivity index (χ3v) is 4.79. The monoisotopic (exact) mass is 362 g/mol. The van der Waals surface area contributed by atoms with E-state index in [-0.39, 0.29) is 11.8 Å². The highest BCUT2D eigenvalue weighted by Gasteiger charge is 2.40. The quantitative estimate of drug-likeness (QED) is 0.728. The van der Waals surface area contributed by atoms with Crippen LogP contribution in [0.3, 0.4) is 0 Å². The summed E-state index contributed by atoms with van der Waals surface area (Å²) in [5.41, 5.74) is 3.69. The average molecular weight is 363 g/mol. The number of hydrogen-bond donors (Lipinski definition) is 2. The first-order valence-corrected chi connectivity index (χ1v) is 8.57. The van der Waals surface area contributed by atoms with Crippen LogP contribution >= 0.6 is 11.6 Å². The first-order valence-electron chi connectivity index (χ1n) is 8.20. The fraction of sp³-hybridized carbons (Fsp3) is 0.150. The van der Waals surface area contributed by atoms with Crippen molar-refractivity contribution in [2.45, 2.75) is 12.3 Å². The molecule has 2 heterocycles. The van der Waals surface area contributed by atoms with Crippen molar-refractivity contribution in [2.24, 2.45) is 5.92 Å². The highest BCUT2D eigenvalue weighted by atomic mass is 35.5. The number of ether oxygens (including phenoxy) is 1. The second-order valence-electron chi connectivity index (χ2n) is 6.19. The number of aromatic amines is 1. The van der Waals surface area contributed by atoms with Gasteiger partial charge in [0.2, 0.25) is 11.8 Å². The first-order chi connectivity index (χ1) is 12.7. The van der Waals surface area contributed by atoms with E-state index in [1.165, 1.54) is 0 Å². The van der Waals surface area contributed by atoms with Crippen molar-refractivity contribution in [2.75, 3.05) is 0 Å². The van der Waals surface area contributed by atoms with Crippen LogP contribution in [0.2, 0.25) is 5.02 Å². The number of rotatable bonds is 3. The topological polar surface area (TPSA) is 85.6 Å². The van der Waals surface area contributed by atoms with Crippen LogP contribution in [-0.2, 0) is 6.42 Å². The van der Waals surface area contributed by atoms with Gasteiger partial charge in [0.1, 0.15) is 5.92 Å². The molecule has 0 amide bonds. The second kappa shape index (κ2) is 6.66.